The molecule has 176 valence electrons. The lowest BCUT2D eigenvalue weighted by Gasteiger charge is -2.34. The number of benzene rings is 2. The summed E-state index contributed by atoms with van der Waals surface area (Å²) in [5, 5.41) is 9.50. The van der Waals surface area contributed by atoms with Crippen LogP contribution in [-0.4, -0.2) is 22.6 Å². The molecule has 2 heterocycles. The highest BCUT2D eigenvalue weighted by Gasteiger charge is 2.30. The molecule has 0 amide bonds. The summed E-state index contributed by atoms with van der Waals surface area (Å²) in [6.07, 6.45) is -3.59. The number of hydrogen-bond donors (Lipinski definition) is 0. The predicted octanol–water partition coefficient (Wildman–Crippen LogP) is 4.73. The van der Waals surface area contributed by atoms with Crippen LogP contribution in [-0.2, 0) is 19.3 Å². The first kappa shape index (κ1) is 23.2. The van der Waals surface area contributed by atoms with Crippen molar-refractivity contribution in [3.05, 3.63) is 75.7 Å². The molecule has 1 aromatic heterocycles. The van der Waals surface area contributed by atoms with Crippen molar-refractivity contribution in [2.75, 3.05) is 11.9 Å². The van der Waals surface area contributed by atoms with Crippen molar-refractivity contribution in [1.82, 2.24) is 9.55 Å². The van der Waals surface area contributed by atoms with Gasteiger partial charge in [-0.1, -0.05) is 6.07 Å². The van der Waals surface area contributed by atoms with E-state index in [1.54, 1.807) is 28.8 Å². The van der Waals surface area contributed by atoms with Crippen LogP contribution >= 0.6 is 0 Å². The molecule has 34 heavy (non-hydrogen) atoms. The minimum Gasteiger partial charge on any atom is -0.473 e. The molecular formula is C24H21F3N4O3. The van der Waals surface area contributed by atoms with Crippen LogP contribution in [0.15, 0.2) is 53.3 Å². The Kier molecular flexibility index (Phi) is 6.20. The largest absolute Gasteiger partial charge is 0.473 e. The van der Waals surface area contributed by atoms with Gasteiger partial charge in [-0.05, 0) is 55.3 Å². The van der Waals surface area contributed by atoms with Gasteiger partial charge in [0.05, 0.1) is 11.1 Å². The van der Waals surface area contributed by atoms with Crippen LogP contribution < -0.4 is 20.1 Å². The Balaban J connectivity index is 1.48. The Morgan fingerprint density at radius 1 is 1.18 bits per heavy atom. The molecule has 2 aromatic carbocycles. The second kappa shape index (κ2) is 9.09. The third-order valence-electron chi connectivity index (χ3n) is 5.72. The summed E-state index contributed by atoms with van der Waals surface area (Å²) in [5.41, 5.74) is -0.348. The summed E-state index contributed by atoms with van der Waals surface area (Å²) in [7, 11) is 1.91. The minimum absolute atomic E-state index is 0.0599. The van der Waals surface area contributed by atoms with Gasteiger partial charge in [0.15, 0.2) is 0 Å². The summed E-state index contributed by atoms with van der Waals surface area (Å²) in [6.45, 7) is 2.73. The van der Waals surface area contributed by atoms with Gasteiger partial charge < -0.3 is 14.4 Å². The molecule has 0 bridgehead atoms. The zero-order valence-electron chi connectivity index (χ0n) is 18.5. The average Bonchev–Trinajstić information content (AvgIpc) is 2.80. The van der Waals surface area contributed by atoms with Crippen molar-refractivity contribution in [3.8, 4) is 23.4 Å². The van der Waals surface area contributed by atoms with E-state index in [0.29, 0.717) is 12.1 Å². The van der Waals surface area contributed by atoms with E-state index in [-0.39, 0.29) is 41.3 Å². The minimum atomic E-state index is -4.44. The van der Waals surface area contributed by atoms with E-state index in [1.807, 2.05) is 18.0 Å². The highest BCUT2D eigenvalue weighted by atomic mass is 19.4. The van der Waals surface area contributed by atoms with Crippen LogP contribution in [0, 0.1) is 11.3 Å². The van der Waals surface area contributed by atoms with Gasteiger partial charge in [-0.2, -0.15) is 23.4 Å². The van der Waals surface area contributed by atoms with Crippen LogP contribution in [0.2, 0.25) is 0 Å². The van der Waals surface area contributed by atoms with Crippen molar-refractivity contribution in [3.63, 3.8) is 0 Å². The maximum atomic E-state index is 12.7. The molecule has 0 N–H and O–H groups in total. The third-order valence-corrected chi connectivity index (χ3v) is 5.72. The Bertz CT molecular complexity index is 1300. The fraction of sp³-hybridized carbons (Fsp3) is 0.292. The lowest BCUT2D eigenvalue weighted by atomic mass is 10.1. The van der Waals surface area contributed by atoms with Crippen molar-refractivity contribution in [2.45, 2.75) is 38.7 Å². The first-order chi connectivity index (χ1) is 16.2. The van der Waals surface area contributed by atoms with E-state index in [9.17, 15) is 23.2 Å². The first-order valence-electron chi connectivity index (χ1n) is 10.5. The van der Waals surface area contributed by atoms with Crippen LogP contribution in [0.4, 0.5) is 19.0 Å². The topological polar surface area (TPSA) is 80.4 Å². The molecule has 7 nitrogen and oxygen atoms in total. The molecule has 1 aliphatic rings. The molecule has 0 saturated heterocycles. The van der Waals surface area contributed by atoms with Crippen molar-refractivity contribution >= 4 is 5.82 Å². The summed E-state index contributed by atoms with van der Waals surface area (Å²) >= 11 is 0. The van der Waals surface area contributed by atoms with Crippen LogP contribution in [0.3, 0.4) is 0 Å². The second-order valence-corrected chi connectivity index (χ2v) is 7.99. The van der Waals surface area contributed by atoms with E-state index < -0.39 is 11.7 Å². The number of hydrogen-bond acceptors (Lipinski definition) is 6. The summed E-state index contributed by atoms with van der Waals surface area (Å²) < 4.78 is 51.1. The molecule has 3 aromatic rings. The fourth-order valence-electron chi connectivity index (χ4n) is 3.62. The molecular weight excluding hydrogens is 449 g/mol. The number of fused-ring (bicyclic) bond motifs is 1. The second-order valence-electron chi connectivity index (χ2n) is 7.99. The van der Waals surface area contributed by atoms with Gasteiger partial charge in [0.2, 0.25) is 5.88 Å². The number of halogens is 3. The van der Waals surface area contributed by atoms with Crippen LogP contribution in [0.1, 0.15) is 30.0 Å². The van der Waals surface area contributed by atoms with E-state index >= 15 is 0 Å². The molecule has 0 unspecified atom stereocenters. The molecule has 0 radical (unpaired) electrons. The van der Waals surface area contributed by atoms with E-state index in [0.717, 1.165) is 24.4 Å². The standard InChI is InChI=1S/C24H21F3N4O3/c1-15-9-10-31-22(30(15)2)12-21(29-23(31)32)33-14-16-3-8-20(17(11-16)13-28)34-19-6-4-18(5-7-19)24(25,26)27/h3-8,11-12,15H,9-10,14H2,1-2H3/t15-/m0/s1. The normalized spacial score (nSPS) is 15.4. The third kappa shape index (κ3) is 4.83. The molecule has 0 spiro atoms. The van der Waals surface area contributed by atoms with Gasteiger partial charge in [0.1, 0.15) is 30.0 Å². The Labute approximate surface area is 193 Å². The summed E-state index contributed by atoms with van der Waals surface area (Å²) in [5.74, 6) is 1.28. The van der Waals surface area contributed by atoms with Gasteiger partial charge in [0.25, 0.3) is 0 Å². The van der Waals surface area contributed by atoms with Gasteiger partial charge in [-0.15, -0.1) is 0 Å². The molecule has 0 saturated carbocycles. The van der Waals surface area contributed by atoms with Crippen molar-refractivity contribution < 1.29 is 22.6 Å². The Morgan fingerprint density at radius 2 is 1.91 bits per heavy atom. The Hall–Kier alpha value is -4.00. The highest BCUT2D eigenvalue weighted by Crippen LogP contribution is 2.32. The quantitative estimate of drug-likeness (QED) is 0.536. The van der Waals surface area contributed by atoms with Crippen LogP contribution in [0.25, 0.3) is 0 Å². The molecule has 0 fully saturated rings. The fourth-order valence-corrected chi connectivity index (χ4v) is 3.62. The zero-order valence-corrected chi connectivity index (χ0v) is 18.5. The molecule has 1 aliphatic heterocycles. The molecule has 4 rings (SSSR count). The van der Waals surface area contributed by atoms with Crippen LogP contribution in [0.5, 0.6) is 17.4 Å². The van der Waals surface area contributed by atoms with E-state index in [1.165, 1.54) is 12.1 Å². The maximum absolute atomic E-state index is 12.7. The zero-order chi connectivity index (χ0) is 24.5. The Morgan fingerprint density at radius 3 is 2.59 bits per heavy atom. The lowest BCUT2D eigenvalue weighted by Crippen LogP contribution is -2.41. The lowest BCUT2D eigenvalue weighted by molar-refractivity contribution is -0.137. The SMILES string of the molecule is C[C@H]1CCn2c(cc(OCc3ccc(Oc4ccc(C(F)(F)F)cc4)c(C#N)c3)nc2=O)N1C. The predicted molar refractivity (Wildman–Crippen MR) is 118 cm³/mol. The number of ether oxygens (including phenoxy) is 2. The molecule has 1 atom stereocenters. The average molecular weight is 470 g/mol. The monoisotopic (exact) mass is 470 g/mol. The van der Waals surface area contributed by atoms with E-state index in [4.69, 9.17) is 9.47 Å². The van der Waals surface area contributed by atoms with Crippen molar-refractivity contribution in [1.29, 1.82) is 5.26 Å². The summed E-state index contributed by atoms with van der Waals surface area (Å²) in [6, 6.07) is 13.0. The number of anilines is 1. The number of alkyl halides is 3. The molecule has 10 heteroatoms. The molecule has 0 aliphatic carbocycles. The van der Waals surface area contributed by atoms with Gasteiger partial charge in [-0.25, -0.2) is 4.79 Å². The maximum Gasteiger partial charge on any atom is 0.416 e. The van der Waals surface area contributed by atoms with Crippen molar-refractivity contribution in [2.24, 2.45) is 0 Å². The van der Waals surface area contributed by atoms with E-state index in [2.05, 4.69) is 11.9 Å². The van der Waals surface area contributed by atoms with Gasteiger partial charge in [-0.3, -0.25) is 4.57 Å². The highest BCUT2D eigenvalue weighted by molar-refractivity contribution is 5.48. The van der Waals surface area contributed by atoms with Gasteiger partial charge >= 0.3 is 11.9 Å². The number of nitrogens with zero attached hydrogens (tertiary/aromatic N) is 4. The number of nitriles is 1. The number of rotatable bonds is 5. The van der Waals surface area contributed by atoms with Gasteiger partial charge in [0, 0.05) is 25.7 Å². The summed E-state index contributed by atoms with van der Waals surface area (Å²) in [4.78, 5) is 18.4. The smallest absolute Gasteiger partial charge is 0.416 e. The number of aromatic nitrogens is 2. The first-order valence-corrected chi connectivity index (χ1v) is 10.5.